The second-order valence-electron chi connectivity index (χ2n) is 6.05. The normalized spacial score (nSPS) is 11.0. The number of aromatic nitrogens is 3. The third-order valence-electron chi connectivity index (χ3n) is 3.50. The molecule has 124 valence electrons. The van der Waals surface area contributed by atoms with Crippen molar-refractivity contribution < 1.29 is 9.53 Å². The largest absolute Gasteiger partial charge is 0.449 e. The van der Waals surface area contributed by atoms with Crippen molar-refractivity contribution in [3.8, 4) is 5.69 Å². The maximum absolute atomic E-state index is 11.8. The lowest BCUT2D eigenvalue weighted by atomic mass is 10.2. The predicted molar refractivity (Wildman–Crippen MR) is 93.4 cm³/mol. The number of aryl methyl sites for hydroxylation is 1. The third-order valence-corrected chi connectivity index (χ3v) is 3.50. The van der Waals surface area contributed by atoms with Gasteiger partial charge in [-0.25, -0.2) is 14.5 Å². The number of fused-ring (bicyclic) bond motifs is 1. The molecule has 0 aliphatic carbocycles. The number of hydrogen-bond acceptors (Lipinski definition) is 4. The Hall–Kier alpha value is -2.89. The Bertz CT molecular complexity index is 856. The number of para-hydroxylation sites is 1. The maximum atomic E-state index is 11.8. The Morgan fingerprint density at radius 3 is 2.75 bits per heavy atom. The van der Waals surface area contributed by atoms with Crippen LogP contribution < -0.4 is 5.32 Å². The van der Waals surface area contributed by atoms with Gasteiger partial charge in [-0.15, -0.1) is 0 Å². The molecule has 24 heavy (non-hydrogen) atoms. The topological polar surface area (TPSA) is 69.0 Å². The number of nitrogens with zero attached hydrogens (tertiary/aromatic N) is 3. The quantitative estimate of drug-likeness (QED) is 0.789. The number of anilines is 1. The van der Waals surface area contributed by atoms with Gasteiger partial charge < -0.3 is 4.74 Å². The summed E-state index contributed by atoms with van der Waals surface area (Å²) < 4.78 is 6.92. The number of carbonyl (C=O) groups excluding carboxylic acids is 1. The van der Waals surface area contributed by atoms with Gasteiger partial charge in [-0.1, -0.05) is 32.0 Å². The van der Waals surface area contributed by atoms with E-state index in [9.17, 15) is 4.79 Å². The molecule has 3 rings (SSSR count). The summed E-state index contributed by atoms with van der Waals surface area (Å²) >= 11 is 0. The average molecular weight is 324 g/mol. The predicted octanol–water partition coefficient (Wildman–Crippen LogP) is 3.93. The van der Waals surface area contributed by atoms with E-state index in [1.54, 1.807) is 10.9 Å². The fourth-order valence-corrected chi connectivity index (χ4v) is 2.36. The zero-order valence-electron chi connectivity index (χ0n) is 14.0. The summed E-state index contributed by atoms with van der Waals surface area (Å²) in [6, 6.07) is 11.7. The summed E-state index contributed by atoms with van der Waals surface area (Å²) in [5.41, 5.74) is 3.13. The van der Waals surface area contributed by atoms with Crippen molar-refractivity contribution >= 4 is 22.8 Å². The van der Waals surface area contributed by atoms with E-state index in [2.05, 4.69) is 15.4 Å². The van der Waals surface area contributed by atoms with Gasteiger partial charge in [0.1, 0.15) is 0 Å². The van der Waals surface area contributed by atoms with Crippen LogP contribution in [-0.4, -0.2) is 27.5 Å². The lowest BCUT2D eigenvalue weighted by molar-refractivity contribution is 0.147. The highest BCUT2D eigenvalue weighted by atomic mass is 16.5. The van der Waals surface area contributed by atoms with Crippen molar-refractivity contribution in [1.29, 1.82) is 0 Å². The minimum absolute atomic E-state index is 0.294. The summed E-state index contributed by atoms with van der Waals surface area (Å²) in [5, 5.41) is 8.14. The Kier molecular flexibility index (Phi) is 4.46. The van der Waals surface area contributed by atoms with Crippen LogP contribution in [0.3, 0.4) is 0 Å². The molecule has 2 heterocycles. The molecule has 2 aromatic heterocycles. The second-order valence-corrected chi connectivity index (χ2v) is 6.05. The summed E-state index contributed by atoms with van der Waals surface area (Å²) in [5.74, 6) is 0.294. The molecule has 1 aromatic carbocycles. The molecule has 6 nitrogen and oxygen atoms in total. The smallest absolute Gasteiger partial charge is 0.411 e. The van der Waals surface area contributed by atoms with Crippen molar-refractivity contribution in [3.63, 3.8) is 0 Å². The first kappa shape index (κ1) is 16.0. The molecule has 0 saturated carbocycles. The zero-order valence-corrected chi connectivity index (χ0v) is 14.0. The number of rotatable bonds is 4. The third kappa shape index (κ3) is 3.37. The highest BCUT2D eigenvalue weighted by Gasteiger charge is 2.12. The van der Waals surface area contributed by atoms with Crippen LogP contribution in [0.1, 0.15) is 19.5 Å². The Morgan fingerprint density at radius 2 is 2.04 bits per heavy atom. The van der Waals surface area contributed by atoms with Gasteiger partial charge in [0, 0.05) is 5.39 Å². The molecule has 0 fully saturated rings. The number of hydrogen-bond donors (Lipinski definition) is 1. The van der Waals surface area contributed by atoms with Crippen LogP contribution in [0, 0.1) is 12.8 Å². The van der Waals surface area contributed by atoms with Gasteiger partial charge in [0.05, 0.1) is 29.9 Å². The van der Waals surface area contributed by atoms with E-state index < -0.39 is 6.09 Å². The molecule has 6 heteroatoms. The molecule has 3 aromatic rings. The monoisotopic (exact) mass is 324 g/mol. The van der Waals surface area contributed by atoms with Crippen LogP contribution >= 0.6 is 0 Å². The van der Waals surface area contributed by atoms with Gasteiger partial charge in [0.25, 0.3) is 0 Å². The maximum Gasteiger partial charge on any atom is 0.411 e. The van der Waals surface area contributed by atoms with E-state index in [-0.39, 0.29) is 0 Å². The van der Waals surface area contributed by atoms with Crippen molar-refractivity contribution in [2.75, 3.05) is 11.9 Å². The van der Waals surface area contributed by atoms with Crippen LogP contribution in [0.4, 0.5) is 10.5 Å². The van der Waals surface area contributed by atoms with Crippen molar-refractivity contribution in [2.45, 2.75) is 20.8 Å². The second kappa shape index (κ2) is 6.70. The molecular weight excluding hydrogens is 304 g/mol. The molecule has 0 unspecified atom stereocenters. The Morgan fingerprint density at radius 1 is 1.29 bits per heavy atom. The van der Waals surface area contributed by atoms with Crippen molar-refractivity contribution in [3.05, 3.63) is 48.3 Å². The first-order chi connectivity index (χ1) is 11.5. The van der Waals surface area contributed by atoms with E-state index in [0.717, 1.165) is 22.4 Å². The molecule has 1 N–H and O–H groups in total. The summed E-state index contributed by atoms with van der Waals surface area (Å²) in [4.78, 5) is 16.2. The first-order valence-corrected chi connectivity index (χ1v) is 7.89. The molecule has 0 aliphatic rings. The highest BCUT2D eigenvalue weighted by molar-refractivity contribution is 5.89. The van der Waals surface area contributed by atoms with Crippen LogP contribution in [0.15, 0.2) is 42.6 Å². The summed E-state index contributed by atoms with van der Waals surface area (Å²) in [7, 11) is 0. The Balaban J connectivity index is 1.87. The number of nitrogens with one attached hydrogen (secondary N) is 1. The first-order valence-electron chi connectivity index (χ1n) is 7.89. The number of ether oxygens (including phenoxy) is 1. The molecule has 0 aliphatic heterocycles. The summed E-state index contributed by atoms with van der Waals surface area (Å²) in [6.45, 7) is 6.28. The van der Waals surface area contributed by atoms with Crippen molar-refractivity contribution in [2.24, 2.45) is 5.92 Å². The standard InChI is InChI=1S/C18H20N4O2/c1-12(2)11-24-18(23)20-14-9-16-13(3)21-22(17(16)19-10-14)15-7-5-4-6-8-15/h4-10,12H,11H2,1-3H3,(H,20,23). The van der Waals surface area contributed by atoms with Gasteiger partial charge >= 0.3 is 6.09 Å². The molecule has 0 bridgehead atoms. The van der Waals surface area contributed by atoms with Crippen LogP contribution in [0.5, 0.6) is 0 Å². The number of amides is 1. The van der Waals surface area contributed by atoms with Crippen LogP contribution in [0.2, 0.25) is 0 Å². The summed E-state index contributed by atoms with van der Waals surface area (Å²) in [6.07, 6.45) is 1.14. The minimum Gasteiger partial charge on any atom is -0.449 e. The molecule has 0 spiro atoms. The molecule has 0 saturated heterocycles. The van der Waals surface area contributed by atoms with Crippen LogP contribution in [0.25, 0.3) is 16.7 Å². The number of pyridine rings is 1. The lowest BCUT2D eigenvalue weighted by Gasteiger charge is -2.08. The number of benzene rings is 1. The van der Waals surface area contributed by atoms with E-state index in [4.69, 9.17) is 4.74 Å². The molecule has 0 radical (unpaired) electrons. The van der Waals surface area contributed by atoms with Gasteiger partial charge in [0.2, 0.25) is 0 Å². The Labute approximate surface area is 140 Å². The van der Waals surface area contributed by atoms with E-state index in [1.165, 1.54) is 0 Å². The number of carbonyl (C=O) groups is 1. The highest BCUT2D eigenvalue weighted by Crippen LogP contribution is 2.22. The lowest BCUT2D eigenvalue weighted by Crippen LogP contribution is -2.16. The van der Waals surface area contributed by atoms with Crippen LogP contribution in [-0.2, 0) is 4.74 Å². The van der Waals surface area contributed by atoms with Gasteiger partial charge in [-0.3, -0.25) is 5.32 Å². The molecule has 0 atom stereocenters. The fourth-order valence-electron chi connectivity index (χ4n) is 2.36. The fraction of sp³-hybridized carbons (Fsp3) is 0.278. The minimum atomic E-state index is -0.474. The molecular formula is C18H20N4O2. The average Bonchev–Trinajstić information content (AvgIpc) is 2.90. The van der Waals surface area contributed by atoms with E-state index >= 15 is 0 Å². The van der Waals surface area contributed by atoms with Gasteiger partial charge in [0.15, 0.2) is 5.65 Å². The SMILES string of the molecule is Cc1nn(-c2ccccc2)c2ncc(NC(=O)OCC(C)C)cc12. The van der Waals surface area contributed by atoms with Gasteiger partial charge in [-0.2, -0.15) is 5.10 Å². The molecule has 1 amide bonds. The van der Waals surface area contributed by atoms with Crippen molar-refractivity contribution in [1.82, 2.24) is 14.8 Å². The van der Waals surface area contributed by atoms with Gasteiger partial charge in [-0.05, 0) is 31.0 Å². The zero-order chi connectivity index (χ0) is 17.1. The van der Waals surface area contributed by atoms with E-state index in [1.807, 2.05) is 57.2 Å². The van der Waals surface area contributed by atoms with E-state index in [0.29, 0.717) is 18.2 Å².